The van der Waals surface area contributed by atoms with E-state index in [1.807, 2.05) is 36.4 Å². The van der Waals surface area contributed by atoms with E-state index in [4.69, 9.17) is 15.0 Å². The topological polar surface area (TPSA) is 62.5 Å². The highest BCUT2D eigenvalue weighted by Crippen LogP contribution is 2.54. The highest BCUT2D eigenvalue weighted by Gasteiger charge is 2.45. The van der Waals surface area contributed by atoms with Gasteiger partial charge in [-0.15, -0.1) is 0 Å². The lowest BCUT2D eigenvalue weighted by Gasteiger charge is -2.50. The molecule has 4 atom stereocenters. The molecule has 0 N–H and O–H groups in total. The molecule has 0 radical (unpaired) electrons. The van der Waals surface area contributed by atoms with Crippen LogP contribution in [0.1, 0.15) is 57.1 Å². The molecular formula is C43H38N4. The van der Waals surface area contributed by atoms with Gasteiger partial charge in [-0.25, -0.2) is 15.0 Å². The highest BCUT2D eigenvalue weighted by atomic mass is 15.0. The maximum Gasteiger partial charge on any atom is 0.164 e. The van der Waals surface area contributed by atoms with Crippen LogP contribution in [0.2, 0.25) is 0 Å². The minimum absolute atomic E-state index is 0.277. The summed E-state index contributed by atoms with van der Waals surface area (Å²) in [7, 11) is 0. The molecule has 6 aromatic rings. The second-order valence-electron chi connectivity index (χ2n) is 14.1. The van der Waals surface area contributed by atoms with Crippen molar-refractivity contribution < 1.29 is 0 Å². The number of benzene rings is 5. The Bertz CT molecular complexity index is 2100. The minimum Gasteiger partial charge on any atom is -0.208 e. The summed E-state index contributed by atoms with van der Waals surface area (Å²) < 4.78 is 0. The molecule has 230 valence electrons. The van der Waals surface area contributed by atoms with Crippen molar-refractivity contribution in [1.29, 1.82) is 5.26 Å². The van der Waals surface area contributed by atoms with Crippen molar-refractivity contribution in [2.45, 2.75) is 51.4 Å². The Kier molecular flexibility index (Phi) is 7.41. The van der Waals surface area contributed by atoms with Gasteiger partial charge in [0.25, 0.3) is 0 Å². The Labute approximate surface area is 277 Å². The van der Waals surface area contributed by atoms with E-state index < -0.39 is 0 Å². The van der Waals surface area contributed by atoms with Gasteiger partial charge in [0, 0.05) is 16.7 Å². The first kappa shape index (κ1) is 29.3. The molecule has 0 aliphatic heterocycles. The molecule has 2 aliphatic carbocycles. The molecule has 2 unspecified atom stereocenters. The van der Waals surface area contributed by atoms with Gasteiger partial charge in [-0.2, -0.15) is 5.26 Å². The van der Waals surface area contributed by atoms with Gasteiger partial charge in [0.2, 0.25) is 0 Å². The van der Waals surface area contributed by atoms with Crippen LogP contribution in [0.15, 0.2) is 115 Å². The van der Waals surface area contributed by atoms with Gasteiger partial charge in [0.05, 0.1) is 11.6 Å². The van der Waals surface area contributed by atoms with Crippen LogP contribution in [0.4, 0.5) is 0 Å². The summed E-state index contributed by atoms with van der Waals surface area (Å²) in [6, 6.07) is 42.1. The summed E-state index contributed by atoms with van der Waals surface area (Å²) in [4.78, 5) is 15.3. The third-order valence-electron chi connectivity index (χ3n) is 10.5. The maximum absolute atomic E-state index is 9.36. The van der Waals surface area contributed by atoms with E-state index >= 15 is 0 Å². The summed E-state index contributed by atoms with van der Waals surface area (Å²) in [6.45, 7) is 4.89. The lowest BCUT2D eigenvalue weighted by molar-refractivity contribution is 0.0780. The zero-order chi connectivity index (χ0) is 32.0. The van der Waals surface area contributed by atoms with Gasteiger partial charge < -0.3 is 0 Å². The van der Waals surface area contributed by atoms with Crippen molar-refractivity contribution in [2.75, 3.05) is 0 Å². The van der Waals surface area contributed by atoms with Crippen molar-refractivity contribution in [3.05, 3.63) is 126 Å². The quantitative estimate of drug-likeness (QED) is 0.195. The fourth-order valence-electron chi connectivity index (χ4n) is 8.77. The number of fused-ring (bicyclic) bond motifs is 3. The number of aromatic nitrogens is 3. The molecule has 5 aromatic carbocycles. The Morgan fingerprint density at radius 3 is 1.85 bits per heavy atom. The molecule has 4 heteroatoms. The van der Waals surface area contributed by atoms with E-state index in [9.17, 15) is 5.26 Å². The van der Waals surface area contributed by atoms with Crippen LogP contribution in [0.3, 0.4) is 0 Å². The first-order valence-electron chi connectivity index (χ1n) is 16.9. The molecular weight excluding hydrogens is 573 g/mol. The van der Waals surface area contributed by atoms with Crippen LogP contribution in [-0.2, 0) is 5.41 Å². The molecule has 8 rings (SSSR count). The van der Waals surface area contributed by atoms with Gasteiger partial charge in [0.1, 0.15) is 0 Å². The zero-order valence-electron chi connectivity index (χ0n) is 27.0. The smallest absolute Gasteiger partial charge is 0.164 e. The Morgan fingerprint density at radius 2 is 1.15 bits per heavy atom. The molecule has 2 saturated carbocycles. The van der Waals surface area contributed by atoms with Crippen LogP contribution in [0, 0.1) is 29.1 Å². The van der Waals surface area contributed by atoms with E-state index in [1.165, 1.54) is 43.1 Å². The Morgan fingerprint density at radius 1 is 0.574 bits per heavy atom. The SMILES string of the molecule is CC1C[C@H]2C[C@@H](C)CC(c3ccc(-c4nc(-c5ccc6ccccc6c5)nc(-c5ccccc5-c5ccc(C#N)cc5)n4)cc3)(C1)C2. The van der Waals surface area contributed by atoms with E-state index in [0.717, 1.165) is 51.0 Å². The van der Waals surface area contributed by atoms with Crippen molar-refractivity contribution >= 4 is 10.8 Å². The van der Waals surface area contributed by atoms with Gasteiger partial charge in [0.15, 0.2) is 17.5 Å². The number of hydrogen-bond donors (Lipinski definition) is 0. The average Bonchev–Trinajstić information content (AvgIpc) is 3.10. The maximum atomic E-state index is 9.36. The molecule has 1 heterocycles. The zero-order valence-corrected chi connectivity index (χ0v) is 27.0. The molecule has 47 heavy (non-hydrogen) atoms. The fraction of sp³-hybridized carbons (Fsp3) is 0.256. The molecule has 2 aliphatic rings. The van der Waals surface area contributed by atoms with E-state index in [2.05, 4.69) is 98.8 Å². The standard InChI is InChI=1S/C43H38N4/c1-28-21-31-22-29(2)25-43(24-28,26-31)37-19-17-34(18-20-37)40-45-41(36-16-15-32-7-3-4-8-35(32)23-36)47-42(46-40)39-10-6-5-9-38(39)33-13-11-30(27-44)12-14-33/h3-20,23,28-29,31H,21-22,24-26H2,1-2H3/t28-,29?,31-,43?/m1/s1. The number of nitrogens with zero attached hydrogens (tertiary/aromatic N) is 4. The van der Waals surface area contributed by atoms with Crippen molar-refractivity contribution in [3.8, 4) is 51.4 Å². The molecule has 2 bridgehead atoms. The summed E-state index contributed by atoms with van der Waals surface area (Å²) in [6.07, 6.45) is 6.62. The van der Waals surface area contributed by atoms with Gasteiger partial charge >= 0.3 is 0 Å². The Hall–Kier alpha value is -5.14. The number of rotatable bonds is 5. The average molecular weight is 611 g/mol. The normalized spacial score (nSPS) is 22.1. The molecule has 4 nitrogen and oxygen atoms in total. The summed E-state index contributed by atoms with van der Waals surface area (Å²) in [5.74, 6) is 4.34. The lowest BCUT2D eigenvalue weighted by Crippen LogP contribution is -2.42. The highest BCUT2D eigenvalue weighted by molar-refractivity contribution is 5.87. The predicted octanol–water partition coefficient (Wildman–Crippen LogP) is 10.7. The third kappa shape index (κ3) is 5.61. The van der Waals surface area contributed by atoms with Crippen LogP contribution >= 0.6 is 0 Å². The molecule has 2 fully saturated rings. The van der Waals surface area contributed by atoms with E-state index in [0.29, 0.717) is 23.0 Å². The van der Waals surface area contributed by atoms with Crippen LogP contribution in [0.5, 0.6) is 0 Å². The third-order valence-corrected chi connectivity index (χ3v) is 10.5. The monoisotopic (exact) mass is 610 g/mol. The first-order chi connectivity index (χ1) is 23.0. The lowest BCUT2D eigenvalue weighted by atomic mass is 9.54. The van der Waals surface area contributed by atoms with E-state index in [-0.39, 0.29) is 5.41 Å². The van der Waals surface area contributed by atoms with Crippen LogP contribution in [-0.4, -0.2) is 15.0 Å². The van der Waals surface area contributed by atoms with Crippen molar-refractivity contribution in [3.63, 3.8) is 0 Å². The van der Waals surface area contributed by atoms with Gasteiger partial charge in [-0.05, 0) is 101 Å². The van der Waals surface area contributed by atoms with Crippen molar-refractivity contribution in [2.24, 2.45) is 17.8 Å². The number of hydrogen-bond acceptors (Lipinski definition) is 4. The summed E-state index contributed by atoms with van der Waals surface area (Å²) >= 11 is 0. The predicted molar refractivity (Wildman–Crippen MR) is 190 cm³/mol. The summed E-state index contributed by atoms with van der Waals surface area (Å²) in [5.41, 5.74) is 7.29. The second-order valence-corrected chi connectivity index (χ2v) is 14.1. The minimum atomic E-state index is 0.277. The van der Waals surface area contributed by atoms with Crippen LogP contribution in [0.25, 0.3) is 56.1 Å². The van der Waals surface area contributed by atoms with Crippen molar-refractivity contribution in [1.82, 2.24) is 15.0 Å². The molecule has 0 saturated heterocycles. The molecule has 0 amide bonds. The Balaban J connectivity index is 1.25. The summed E-state index contributed by atoms with van der Waals surface area (Å²) in [5, 5.41) is 11.7. The fourth-order valence-corrected chi connectivity index (χ4v) is 8.77. The number of nitriles is 1. The molecule has 1 aromatic heterocycles. The van der Waals surface area contributed by atoms with Gasteiger partial charge in [-0.1, -0.05) is 111 Å². The molecule has 0 spiro atoms. The van der Waals surface area contributed by atoms with E-state index in [1.54, 1.807) is 0 Å². The van der Waals surface area contributed by atoms with Crippen LogP contribution < -0.4 is 0 Å². The first-order valence-corrected chi connectivity index (χ1v) is 16.9. The van der Waals surface area contributed by atoms with Gasteiger partial charge in [-0.3, -0.25) is 0 Å². The largest absolute Gasteiger partial charge is 0.208 e. The second kappa shape index (κ2) is 11.9.